The first-order chi connectivity index (χ1) is 33.6. The summed E-state index contributed by atoms with van der Waals surface area (Å²) in [6.45, 7) is 10.4. The Labute approximate surface area is 417 Å². The standard InChI is InChI=1S/C36H34N8O3S2.C16H15N3OS/c1-20-18-22(45)11-13-23(20)32-39-42-35(49)44(32)29-8-5-9-30(46)31(29)47-17-15-36(2,3)26-19-21(37)10-12-24(26)33-40-41-34(48)43(33)28-7-4-6-27-25(28)14-16-38-27;1-10-4-3-5-12(8-10)19-15(17-18-16(19)21)14-7-6-13(20)9-11(14)2/h4-14,16,18-19,38,45-46H,15,17,37H2,1-3H3,(H,41,48)(H,42,49);3-9,20H,1-2H3,(H,18,21). The second-order valence-electron chi connectivity index (χ2n) is 17.5. The van der Waals surface area contributed by atoms with E-state index < -0.39 is 5.41 Å². The lowest BCUT2D eigenvalue weighted by Gasteiger charge is -2.28. The number of phenols is 3. The summed E-state index contributed by atoms with van der Waals surface area (Å²) >= 11 is 16.7. The summed E-state index contributed by atoms with van der Waals surface area (Å²) < 4.78 is 13.3. The van der Waals surface area contributed by atoms with Gasteiger partial charge in [-0.15, -0.1) is 0 Å². The molecule has 9 N–H and O–H groups in total. The van der Waals surface area contributed by atoms with Crippen molar-refractivity contribution in [3.63, 3.8) is 0 Å². The van der Waals surface area contributed by atoms with Crippen LogP contribution in [0.3, 0.4) is 0 Å². The van der Waals surface area contributed by atoms with Gasteiger partial charge in [0.25, 0.3) is 0 Å². The van der Waals surface area contributed by atoms with Gasteiger partial charge in [-0.2, -0.15) is 15.3 Å². The number of aromatic hydroxyl groups is 3. The Hall–Kier alpha value is -8.06. The van der Waals surface area contributed by atoms with Gasteiger partial charge in [0.05, 0.1) is 23.7 Å². The van der Waals surface area contributed by atoms with Crippen molar-refractivity contribution in [3.8, 4) is 74.2 Å². The number of nitrogens with one attached hydrogen (secondary N) is 4. The van der Waals surface area contributed by atoms with Crippen LogP contribution >= 0.6 is 36.7 Å². The Bertz CT molecular complexity index is 3760. The first kappa shape index (κ1) is 47.0. The third-order valence-corrected chi connectivity index (χ3v) is 13.0. The maximum absolute atomic E-state index is 11.0. The van der Waals surface area contributed by atoms with E-state index in [9.17, 15) is 15.3 Å². The van der Waals surface area contributed by atoms with E-state index in [1.165, 1.54) is 0 Å². The van der Waals surface area contributed by atoms with Crippen LogP contribution in [0.15, 0.2) is 128 Å². The molecule has 6 aromatic carbocycles. The van der Waals surface area contributed by atoms with Crippen LogP contribution in [-0.4, -0.2) is 71.2 Å². The molecule has 0 bridgehead atoms. The Morgan fingerprint density at radius 2 is 1.17 bits per heavy atom. The molecule has 70 heavy (non-hydrogen) atoms. The molecular weight excluding hydrogens is 939 g/mol. The number of phenolic OH excluding ortho intramolecular Hbond substituents is 3. The second-order valence-corrected chi connectivity index (χ2v) is 18.7. The summed E-state index contributed by atoms with van der Waals surface area (Å²) in [5.74, 6) is 2.55. The molecule has 0 aliphatic heterocycles. The monoisotopic (exact) mass is 987 g/mol. The Morgan fingerprint density at radius 1 is 0.614 bits per heavy atom. The minimum atomic E-state index is -0.464. The van der Waals surface area contributed by atoms with E-state index in [0.717, 1.165) is 67.0 Å². The third-order valence-electron chi connectivity index (χ3n) is 12.2. The number of nitrogens with two attached hydrogens (primary N) is 1. The zero-order chi connectivity index (χ0) is 49.4. The smallest absolute Gasteiger partial charge is 0.200 e. The van der Waals surface area contributed by atoms with E-state index in [2.05, 4.69) is 55.5 Å². The van der Waals surface area contributed by atoms with Gasteiger partial charge in [0.2, 0.25) is 0 Å². The van der Waals surface area contributed by atoms with Crippen molar-refractivity contribution in [3.05, 3.63) is 164 Å². The summed E-state index contributed by atoms with van der Waals surface area (Å²) in [6, 6.07) is 37.3. The fourth-order valence-corrected chi connectivity index (χ4v) is 9.34. The summed E-state index contributed by atoms with van der Waals surface area (Å²) in [7, 11) is 0. The quantitative estimate of drug-likeness (QED) is 0.0451. The number of aromatic nitrogens is 10. The lowest BCUT2D eigenvalue weighted by Crippen LogP contribution is -2.22. The lowest BCUT2D eigenvalue weighted by molar-refractivity contribution is 0.261. The van der Waals surface area contributed by atoms with Crippen molar-refractivity contribution in [2.45, 2.75) is 46.5 Å². The minimum absolute atomic E-state index is 0.0362. The van der Waals surface area contributed by atoms with E-state index in [1.807, 2.05) is 109 Å². The van der Waals surface area contributed by atoms with Crippen LogP contribution in [-0.2, 0) is 5.41 Å². The van der Waals surface area contributed by atoms with E-state index in [1.54, 1.807) is 47.0 Å². The zero-order valence-electron chi connectivity index (χ0n) is 38.8. The van der Waals surface area contributed by atoms with Crippen molar-refractivity contribution in [2.75, 3.05) is 12.3 Å². The molecule has 0 saturated carbocycles. The van der Waals surface area contributed by atoms with Crippen LogP contribution in [0, 0.1) is 35.1 Å². The minimum Gasteiger partial charge on any atom is -0.508 e. The predicted molar refractivity (Wildman–Crippen MR) is 281 cm³/mol. The molecule has 0 atom stereocenters. The number of nitrogen functional groups attached to an aromatic ring is 1. The van der Waals surface area contributed by atoms with Gasteiger partial charge in [0.15, 0.2) is 43.3 Å². The summed E-state index contributed by atoms with van der Waals surface area (Å²) in [6.07, 6.45) is 2.46. The zero-order valence-corrected chi connectivity index (χ0v) is 41.2. The number of nitrogens with zero attached hydrogens (tertiary/aromatic N) is 6. The molecule has 0 amide bonds. The van der Waals surface area contributed by atoms with Crippen molar-refractivity contribution < 1.29 is 20.1 Å². The lowest BCUT2D eigenvalue weighted by atomic mass is 9.79. The summed E-state index contributed by atoms with van der Waals surface area (Å²) in [4.78, 5) is 3.27. The van der Waals surface area contributed by atoms with E-state index >= 15 is 0 Å². The molecule has 10 aromatic rings. The second kappa shape index (κ2) is 19.1. The molecule has 0 radical (unpaired) electrons. The molecule has 354 valence electrons. The number of aromatic amines is 4. The molecule has 15 nitrogen and oxygen atoms in total. The molecule has 0 aliphatic rings. The number of aryl methyl sites for hydroxylation is 3. The fourth-order valence-electron chi connectivity index (χ4n) is 8.64. The number of para-hydroxylation sites is 1. The predicted octanol–water partition coefficient (Wildman–Crippen LogP) is 12.0. The largest absolute Gasteiger partial charge is 0.508 e. The van der Waals surface area contributed by atoms with E-state index in [-0.39, 0.29) is 29.6 Å². The van der Waals surface area contributed by atoms with Gasteiger partial charge >= 0.3 is 0 Å². The van der Waals surface area contributed by atoms with Gasteiger partial charge < -0.3 is 30.8 Å². The number of hydrogen-bond donors (Lipinski definition) is 8. The number of hydrogen-bond acceptors (Lipinski definition) is 11. The first-order valence-electron chi connectivity index (χ1n) is 22.2. The molecule has 0 fully saturated rings. The number of ether oxygens (including phenoxy) is 1. The Balaban J connectivity index is 0.000000241. The molecule has 10 rings (SSSR count). The van der Waals surface area contributed by atoms with Crippen LogP contribution < -0.4 is 10.5 Å². The van der Waals surface area contributed by atoms with Crippen molar-refractivity contribution in [1.29, 1.82) is 0 Å². The van der Waals surface area contributed by atoms with Crippen molar-refractivity contribution in [2.24, 2.45) is 0 Å². The summed E-state index contributed by atoms with van der Waals surface area (Å²) in [5.41, 5.74) is 16.4. The third kappa shape index (κ3) is 9.14. The number of rotatable bonds is 11. The van der Waals surface area contributed by atoms with E-state index in [0.29, 0.717) is 43.8 Å². The van der Waals surface area contributed by atoms with Gasteiger partial charge in [-0.25, -0.2) is 0 Å². The normalized spacial score (nSPS) is 11.4. The van der Waals surface area contributed by atoms with Gasteiger partial charge in [0.1, 0.15) is 11.5 Å². The van der Waals surface area contributed by atoms with Crippen molar-refractivity contribution >= 4 is 53.2 Å². The Kier molecular flexibility index (Phi) is 12.9. The molecule has 18 heteroatoms. The number of H-pyrrole nitrogens is 4. The molecule has 4 aromatic heterocycles. The molecule has 0 aliphatic carbocycles. The highest BCUT2D eigenvalue weighted by atomic mass is 32.1. The maximum Gasteiger partial charge on any atom is 0.200 e. The van der Waals surface area contributed by atoms with Crippen LogP contribution in [0.25, 0.3) is 62.1 Å². The average Bonchev–Trinajstić information content (AvgIpc) is 4.14. The molecule has 4 heterocycles. The van der Waals surface area contributed by atoms with Crippen LogP contribution in [0.2, 0.25) is 0 Å². The Morgan fingerprint density at radius 3 is 1.81 bits per heavy atom. The van der Waals surface area contributed by atoms with Crippen LogP contribution in [0.1, 0.15) is 42.5 Å². The highest BCUT2D eigenvalue weighted by Gasteiger charge is 2.28. The van der Waals surface area contributed by atoms with Gasteiger partial charge in [-0.05, 0) is 189 Å². The SMILES string of the molecule is Cc1cc(O)ccc1-c1n[nH]c(=S)n1-c1cccc(O)c1OCCC(C)(C)c1cc(N)ccc1-c1n[nH]c(=S)n1-c1cccc2[nH]ccc12.Cc1cccc(-n2c(-c3ccc(O)cc3C)n[nH]c2=S)c1. The molecule has 0 saturated heterocycles. The topological polar surface area (TPSA) is 213 Å². The van der Waals surface area contributed by atoms with Gasteiger partial charge in [-0.1, -0.05) is 38.1 Å². The molecule has 0 spiro atoms. The van der Waals surface area contributed by atoms with Gasteiger partial charge in [0, 0.05) is 39.5 Å². The van der Waals surface area contributed by atoms with Crippen LogP contribution in [0.5, 0.6) is 23.0 Å². The number of anilines is 1. The van der Waals surface area contributed by atoms with E-state index in [4.69, 9.17) is 47.1 Å². The number of benzene rings is 6. The average molecular weight is 988 g/mol. The highest BCUT2D eigenvalue weighted by Crippen LogP contribution is 2.40. The maximum atomic E-state index is 11.0. The fraction of sp³-hybridized carbons (Fsp3) is 0.154. The first-order valence-corrected chi connectivity index (χ1v) is 23.4. The highest BCUT2D eigenvalue weighted by molar-refractivity contribution is 7.71. The molecular formula is C52H49N11O4S3. The van der Waals surface area contributed by atoms with Crippen molar-refractivity contribution in [1.82, 2.24) is 49.3 Å². The van der Waals surface area contributed by atoms with Crippen LogP contribution in [0.4, 0.5) is 5.69 Å². The molecule has 0 unspecified atom stereocenters. The number of fused-ring (bicyclic) bond motifs is 1. The summed E-state index contributed by atoms with van der Waals surface area (Å²) in [5, 5.41) is 53.8. The van der Waals surface area contributed by atoms with Gasteiger partial charge in [-0.3, -0.25) is 29.0 Å².